The van der Waals surface area contributed by atoms with Crippen LogP contribution in [0.25, 0.3) is 5.69 Å². The third kappa shape index (κ3) is 3.75. The zero-order valence-electron chi connectivity index (χ0n) is 15.4. The Morgan fingerprint density at radius 2 is 1.93 bits per heavy atom. The first-order valence-electron chi connectivity index (χ1n) is 9.30. The average molecular weight is 361 g/mol. The molecule has 1 aliphatic rings. The smallest absolute Gasteiger partial charge is 0.260 e. The van der Waals surface area contributed by atoms with Crippen molar-refractivity contribution in [1.82, 2.24) is 20.1 Å². The van der Waals surface area contributed by atoms with Gasteiger partial charge in [-0.25, -0.2) is 9.67 Å². The second-order valence-corrected chi connectivity index (χ2v) is 6.88. The van der Waals surface area contributed by atoms with E-state index in [0.717, 1.165) is 37.3 Å². The van der Waals surface area contributed by atoms with E-state index in [4.69, 9.17) is 0 Å². The number of rotatable bonds is 4. The highest BCUT2D eigenvalue weighted by molar-refractivity contribution is 6.04. The largest absolute Gasteiger partial charge is 0.317 e. The maximum atomic E-state index is 13.0. The fraction of sp³-hybridized carbons (Fsp3) is 0.286. The van der Waals surface area contributed by atoms with Gasteiger partial charge in [-0.2, -0.15) is 5.10 Å². The summed E-state index contributed by atoms with van der Waals surface area (Å²) in [6.07, 6.45) is 5.32. The number of anilines is 1. The molecule has 27 heavy (non-hydrogen) atoms. The van der Waals surface area contributed by atoms with Crippen molar-refractivity contribution in [3.8, 4) is 5.69 Å². The average Bonchev–Trinajstić information content (AvgIpc) is 3.15. The van der Waals surface area contributed by atoms with Crippen molar-refractivity contribution in [3.05, 3.63) is 71.7 Å². The number of aromatic nitrogens is 3. The van der Waals surface area contributed by atoms with Crippen molar-refractivity contribution in [2.75, 3.05) is 18.4 Å². The van der Waals surface area contributed by atoms with E-state index in [1.165, 1.54) is 5.56 Å². The third-order valence-electron chi connectivity index (χ3n) is 4.96. The van der Waals surface area contributed by atoms with Gasteiger partial charge in [-0.05, 0) is 57.1 Å². The summed E-state index contributed by atoms with van der Waals surface area (Å²) in [4.78, 5) is 17.1. The van der Waals surface area contributed by atoms with Gasteiger partial charge in [-0.15, -0.1) is 0 Å². The van der Waals surface area contributed by atoms with Crippen LogP contribution in [0.1, 0.15) is 40.4 Å². The van der Waals surface area contributed by atoms with Crippen molar-refractivity contribution in [2.24, 2.45) is 0 Å². The number of aryl methyl sites for hydroxylation is 1. The molecule has 138 valence electrons. The van der Waals surface area contributed by atoms with Gasteiger partial charge in [-0.1, -0.05) is 23.8 Å². The molecule has 0 aliphatic carbocycles. The van der Waals surface area contributed by atoms with Gasteiger partial charge >= 0.3 is 0 Å². The molecule has 4 rings (SSSR count). The van der Waals surface area contributed by atoms with Crippen LogP contribution in [0.3, 0.4) is 0 Å². The minimum absolute atomic E-state index is 0.166. The van der Waals surface area contributed by atoms with Crippen LogP contribution in [0.15, 0.2) is 54.9 Å². The SMILES string of the molecule is Cc1ccc(-n2ncc(C(=O)Nc3ccccn3)c2C2CCNCC2)cc1. The minimum Gasteiger partial charge on any atom is -0.317 e. The lowest BCUT2D eigenvalue weighted by Gasteiger charge is -2.24. The molecule has 2 aromatic heterocycles. The molecule has 6 heteroatoms. The van der Waals surface area contributed by atoms with Crippen LogP contribution in [0.5, 0.6) is 0 Å². The molecular formula is C21H23N5O. The second kappa shape index (κ2) is 7.72. The molecule has 3 aromatic rings. The third-order valence-corrected chi connectivity index (χ3v) is 4.96. The summed E-state index contributed by atoms with van der Waals surface area (Å²) in [7, 11) is 0. The quantitative estimate of drug-likeness (QED) is 0.748. The topological polar surface area (TPSA) is 71.8 Å². The number of nitrogens with zero attached hydrogens (tertiary/aromatic N) is 3. The van der Waals surface area contributed by atoms with E-state index in [1.54, 1.807) is 18.5 Å². The van der Waals surface area contributed by atoms with Gasteiger partial charge in [-0.3, -0.25) is 4.79 Å². The summed E-state index contributed by atoms with van der Waals surface area (Å²) in [5.74, 6) is 0.668. The predicted molar refractivity (Wildman–Crippen MR) is 105 cm³/mol. The van der Waals surface area contributed by atoms with Crippen molar-refractivity contribution in [2.45, 2.75) is 25.7 Å². The molecule has 0 unspecified atom stereocenters. The summed E-state index contributed by atoms with van der Waals surface area (Å²) >= 11 is 0. The zero-order valence-corrected chi connectivity index (χ0v) is 15.4. The van der Waals surface area contributed by atoms with Gasteiger partial charge in [0.25, 0.3) is 5.91 Å². The van der Waals surface area contributed by atoms with Crippen LogP contribution in [-0.4, -0.2) is 33.8 Å². The molecule has 0 atom stereocenters. The molecule has 3 heterocycles. The zero-order chi connectivity index (χ0) is 18.6. The predicted octanol–water partition coefficient (Wildman–Crippen LogP) is 3.30. The highest BCUT2D eigenvalue weighted by atomic mass is 16.1. The first-order chi connectivity index (χ1) is 13.2. The molecule has 1 amide bonds. The number of piperidine rings is 1. The number of hydrogen-bond acceptors (Lipinski definition) is 4. The van der Waals surface area contributed by atoms with Crippen molar-refractivity contribution in [3.63, 3.8) is 0 Å². The molecule has 0 saturated carbocycles. The maximum absolute atomic E-state index is 13.0. The van der Waals surface area contributed by atoms with E-state index in [9.17, 15) is 4.79 Å². The van der Waals surface area contributed by atoms with Crippen LogP contribution in [-0.2, 0) is 0 Å². The maximum Gasteiger partial charge on any atom is 0.260 e. The number of hydrogen-bond donors (Lipinski definition) is 2. The van der Waals surface area contributed by atoms with Gasteiger partial charge in [0.2, 0.25) is 0 Å². The highest BCUT2D eigenvalue weighted by Crippen LogP contribution is 2.30. The number of carbonyl (C=O) groups is 1. The Balaban J connectivity index is 1.72. The fourth-order valence-electron chi connectivity index (χ4n) is 3.53. The van der Waals surface area contributed by atoms with Gasteiger partial charge in [0.15, 0.2) is 0 Å². The molecule has 1 aromatic carbocycles. The second-order valence-electron chi connectivity index (χ2n) is 6.88. The van der Waals surface area contributed by atoms with Crippen LogP contribution in [0, 0.1) is 6.92 Å². The van der Waals surface area contributed by atoms with Crippen molar-refractivity contribution in [1.29, 1.82) is 0 Å². The molecule has 1 fully saturated rings. The van der Waals surface area contributed by atoms with E-state index >= 15 is 0 Å². The molecule has 6 nitrogen and oxygen atoms in total. The lowest BCUT2D eigenvalue weighted by molar-refractivity contribution is 0.102. The number of pyridine rings is 1. The van der Waals surface area contributed by atoms with E-state index in [2.05, 4.69) is 39.8 Å². The molecule has 1 saturated heterocycles. The first kappa shape index (κ1) is 17.4. The molecular weight excluding hydrogens is 338 g/mol. The van der Waals surface area contributed by atoms with Crippen LogP contribution >= 0.6 is 0 Å². The summed E-state index contributed by atoms with van der Waals surface area (Å²) in [5, 5.41) is 10.9. The van der Waals surface area contributed by atoms with E-state index in [1.807, 2.05) is 28.9 Å². The first-order valence-corrected chi connectivity index (χ1v) is 9.30. The lowest BCUT2D eigenvalue weighted by atomic mass is 9.91. The normalized spacial score (nSPS) is 14.9. The standard InChI is InChI=1S/C21H23N5O/c1-15-5-7-17(8-6-15)26-20(16-9-12-22-13-10-16)18(14-24-26)21(27)25-19-4-2-3-11-23-19/h2-8,11,14,16,22H,9-10,12-13H2,1H3,(H,23,25,27). The molecule has 0 bridgehead atoms. The number of carbonyl (C=O) groups excluding carboxylic acids is 1. The molecule has 1 aliphatic heterocycles. The van der Waals surface area contributed by atoms with Crippen LogP contribution < -0.4 is 10.6 Å². The summed E-state index contributed by atoms with van der Waals surface area (Å²) in [6.45, 7) is 3.96. The summed E-state index contributed by atoms with van der Waals surface area (Å²) in [5.41, 5.74) is 3.77. The Hall–Kier alpha value is -2.99. The molecule has 0 radical (unpaired) electrons. The fourth-order valence-corrected chi connectivity index (χ4v) is 3.53. The number of nitrogens with one attached hydrogen (secondary N) is 2. The Kier molecular flexibility index (Phi) is 4.98. The van der Waals surface area contributed by atoms with Crippen LogP contribution in [0.4, 0.5) is 5.82 Å². The lowest BCUT2D eigenvalue weighted by Crippen LogP contribution is -2.29. The molecule has 2 N–H and O–H groups in total. The van der Waals surface area contributed by atoms with Gasteiger partial charge in [0.1, 0.15) is 5.82 Å². The minimum atomic E-state index is -0.166. The van der Waals surface area contributed by atoms with Gasteiger partial charge in [0, 0.05) is 12.1 Å². The van der Waals surface area contributed by atoms with E-state index in [0.29, 0.717) is 17.3 Å². The number of benzene rings is 1. The monoisotopic (exact) mass is 361 g/mol. The highest BCUT2D eigenvalue weighted by Gasteiger charge is 2.27. The Bertz CT molecular complexity index is 912. The van der Waals surface area contributed by atoms with E-state index in [-0.39, 0.29) is 5.91 Å². The summed E-state index contributed by atoms with van der Waals surface area (Å²) in [6, 6.07) is 13.7. The van der Waals surface area contributed by atoms with Crippen LogP contribution in [0.2, 0.25) is 0 Å². The summed E-state index contributed by atoms with van der Waals surface area (Å²) < 4.78 is 1.92. The van der Waals surface area contributed by atoms with Gasteiger partial charge in [0.05, 0.1) is 23.1 Å². The number of amides is 1. The Labute approximate surface area is 158 Å². The Morgan fingerprint density at radius 1 is 1.15 bits per heavy atom. The van der Waals surface area contributed by atoms with Crippen molar-refractivity contribution >= 4 is 11.7 Å². The molecule has 0 spiro atoms. The van der Waals surface area contributed by atoms with E-state index < -0.39 is 0 Å². The Morgan fingerprint density at radius 3 is 2.63 bits per heavy atom. The van der Waals surface area contributed by atoms with Crippen molar-refractivity contribution < 1.29 is 4.79 Å². The van der Waals surface area contributed by atoms with Gasteiger partial charge < -0.3 is 10.6 Å².